The number of carbonyl (C=O) groups excluding carboxylic acids is 2. The van der Waals surface area contributed by atoms with Gasteiger partial charge in [0, 0.05) is 13.0 Å². The van der Waals surface area contributed by atoms with Crippen molar-refractivity contribution >= 4 is 17.9 Å². The fourth-order valence-electron chi connectivity index (χ4n) is 1.05. The van der Waals surface area contributed by atoms with Crippen LogP contribution in [0.5, 0.6) is 0 Å². The molecule has 1 rings (SSSR count). The normalized spacial score (nSPS) is 9.68. The van der Waals surface area contributed by atoms with Crippen LogP contribution in [0.1, 0.15) is 5.82 Å². The number of carboxylic acids is 1. The van der Waals surface area contributed by atoms with Gasteiger partial charge in [0.2, 0.25) is 12.3 Å². The lowest BCUT2D eigenvalue weighted by molar-refractivity contribution is -0.137. The van der Waals surface area contributed by atoms with E-state index in [-0.39, 0.29) is 13.1 Å². The van der Waals surface area contributed by atoms with Crippen molar-refractivity contribution < 1.29 is 24.0 Å². The summed E-state index contributed by atoms with van der Waals surface area (Å²) in [7, 11) is 0. The van der Waals surface area contributed by atoms with E-state index < -0.39 is 24.5 Å². The molecule has 1 aromatic heterocycles. The molecule has 0 spiro atoms. The number of aromatic nitrogens is 2. The second kappa shape index (κ2) is 7.63. The average molecular weight is 271 g/mol. The van der Waals surface area contributed by atoms with Crippen LogP contribution in [0, 0.1) is 0 Å². The van der Waals surface area contributed by atoms with Gasteiger partial charge >= 0.3 is 12.0 Å². The lowest BCUT2D eigenvalue weighted by Crippen LogP contribution is -2.43. The van der Waals surface area contributed by atoms with Gasteiger partial charge in [-0.25, -0.2) is 4.79 Å². The van der Waals surface area contributed by atoms with Crippen molar-refractivity contribution in [3.8, 4) is 0 Å². The first kappa shape index (κ1) is 14.4. The van der Waals surface area contributed by atoms with E-state index in [9.17, 15) is 14.4 Å². The second-order valence-corrected chi connectivity index (χ2v) is 3.38. The highest BCUT2D eigenvalue weighted by Crippen LogP contribution is 1.87. The Labute approximate surface area is 107 Å². The van der Waals surface area contributed by atoms with Crippen molar-refractivity contribution in [2.75, 3.05) is 19.6 Å². The molecule has 10 nitrogen and oxygen atoms in total. The monoisotopic (exact) mass is 271 g/mol. The molecule has 0 fully saturated rings. The van der Waals surface area contributed by atoms with Gasteiger partial charge in [0.15, 0.2) is 5.82 Å². The van der Waals surface area contributed by atoms with E-state index in [2.05, 4.69) is 30.6 Å². The Bertz CT molecular complexity index is 432. The number of nitrogens with one attached hydrogen (secondary N) is 3. The van der Waals surface area contributed by atoms with Crippen molar-refractivity contribution in [3.63, 3.8) is 0 Å². The molecule has 0 unspecified atom stereocenters. The third-order valence-corrected chi connectivity index (χ3v) is 1.89. The summed E-state index contributed by atoms with van der Waals surface area (Å²) in [6, 6.07) is -0.547. The minimum absolute atomic E-state index is 0.280. The third kappa shape index (κ3) is 6.61. The Morgan fingerprint density at radius 2 is 2.00 bits per heavy atom. The number of hydrogen-bond donors (Lipinski definition) is 4. The van der Waals surface area contributed by atoms with Gasteiger partial charge in [0.25, 0.3) is 0 Å². The fraction of sp³-hybridized carbons (Fsp3) is 0.444. The summed E-state index contributed by atoms with van der Waals surface area (Å²) >= 11 is 0. The van der Waals surface area contributed by atoms with Crippen molar-refractivity contribution in [2.45, 2.75) is 6.42 Å². The first-order valence-electron chi connectivity index (χ1n) is 5.33. The molecule has 0 saturated heterocycles. The molecule has 1 heterocycles. The maximum absolute atomic E-state index is 11.2. The number of nitrogens with zero attached hydrogens (tertiary/aromatic N) is 2. The molecular formula is C9H13N5O5. The zero-order valence-corrected chi connectivity index (χ0v) is 9.88. The molecule has 104 valence electrons. The summed E-state index contributed by atoms with van der Waals surface area (Å²) in [6.07, 6.45) is 1.58. The van der Waals surface area contributed by atoms with Gasteiger partial charge in [-0.15, -0.1) is 0 Å². The predicted octanol–water partition coefficient (Wildman–Crippen LogP) is -1.89. The Morgan fingerprint density at radius 1 is 1.21 bits per heavy atom. The van der Waals surface area contributed by atoms with Crippen LogP contribution in [0.15, 0.2) is 10.9 Å². The van der Waals surface area contributed by atoms with E-state index >= 15 is 0 Å². The molecule has 0 aliphatic heterocycles. The van der Waals surface area contributed by atoms with E-state index in [0.29, 0.717) is 12.2 Å². The van der Waals surface area contributed by atoms with Crippen molar-refractivity contribution in [3.05, 3.63) is 12.2 Å². The first-order valence-corrected chi connectivity index (χ1v) is 5.33. The highest BCUT2D eigenvalue weighted by atomic mass is 16.5. The Kier molecular flexibility index (Phi) is 5.79. The molecule has 0 saturated carbocycles. The lowest BCUT2D eigenvalue weighted by atomic mass is 10.4. The molecular weight excluding hydrogens is 258 g/mol. The van der Waals surface area contributed by atoms with E-state index in [1.807, 2.05) is 0 Å². The van der Waals surface area contributed by atoms with Crippen LogP contribution in [0.2, 0.25) is 0 Å². The molecule has 0 aliphatic carbocycles. The molecule has 4 N–H and O–H groups in total. The highest BCUT2D eigenvalue weighted by molar-refractivity contribution is 5.86. The molecule has 3 amide bonds. The van der Waals surface area contributed by atoms with E-state index in [0.717, 1.165) is 0 Å². The second-order valence-electron chi connectivity index (χ2n) is 3.38. The molecule has 0 radical (unpaired) electrons. The summed E-state index contributed by atoms with van der Waals surface area (Å²) in [5, 5.41) is 18.7. The number of hydrogen-bond acceptors (Lipinski definition) is 6. The van der Waals surface area contributed by atoms with Crippen LogP contribution in [-0.2, 0) is 16.0 Å². The molecule has 10 heteroatoms. The molecule has 0 aromatic carbocycles. The number of rotatable bonds is 7. The summed E-state index contributed by atoms with van der Waals surface area (Å²) in [5.74, 6) is -1.28. The van der Waals surface area contributed by atoms with E-state index in [1.165, 1.54) is 6.39 Å². The highest BCUT2D eigenvalue weighted by Gasteiger charge is 2.06. The van der Waals surface area contributed by atoms with Gasteiger partial charge in [-0.2, -0.15) is 4.98 Å². The predicted molar refractivity (Wildman–Crippen MR) is 60.0 cm³/mol. The van der Waals surface area contributed by atoms with Crippen LogP contribution >= 0.6 is 0 Å². The maximum atomic E-state index is 11.2. The van der Waals surface area contributed by atoms with Gasteiger partial charge in [0.1, 0.15) is 6.54 Å². The maximum Gasteiger partial charge on any atom is 0.322 e. The molecule has 0 aliphatic rings. The number of carbonyl (C=O) groups is 3. The molecule has 1 aromatic rings. The van der Waals surface area contributed by atoms with Gasteiger partial charge < -0.3 is 25.6 Å². The van der Waals surface area contributed by atoms with Crippen LogP contribution in [-0.4, -0.2) is 52.8 Å². The van der Waals surface area contributed by atoms with Crippen LogP contribution < -0.4 is 16.0 Å². The number of aliphatic carboxylic acids is 1. The fourth-order valence-corrected chi connectivity index (χ4v) is 1.05. The SMILES string of the molecule is O=C(O)CNC(=O)CNC(=O)NCCc1ncon1. The number of urea groups is 1. The van der Waals surface area contributed by atoms with E-state index in [4.69, 9.17) is 5.11 Å². The van der Waals surface area contributed by atoms with Crippen molar-refractivity contribution in [2.24, 2.45) is 0 Å². The molecule has 0 atom stereocenters. The smallest absolute Gasteiger partial charge is 0.322 e. The first-order chi connectivity index (χ1) is 9.08. The quantitative estimate of drug-likeness (QED) is 0.453. The topological polar surface area (TPSA) is 146 Å². The van der Waals surface area contributed by atoms with Crippen LogP contribution in [0.3, 0.4) is 0 Å². The summed E-state index contributed by atoms with van der Waals surface area (Å²) in [5.41, 5.74) is 0. The summed E-state index contributed by atoms with van der Waals surface area (Å²) < 4.78 is 4.51. The molecule has 0 bridgehead atoms. The average Bonchev–Trinajstić information content (AvgIpc) is 2.87. The molecule has 19 heavy (non-hydrogen) atoms. The van der Waals surface area contributed by atoms with Gasteiger partial charge in [0.05, 0.1) is 6.54 Å². The minimum atomic E-state index is -1.15. The number of amides is 3. The Morgan fingerprint density at radius 3 is 2.63 bits per heavy atom. The number of carboxylic acid groups (broad SMARTS) is 1. The summed E-state index contributed by atoms with van der Waals surface area (Å²) in [4.78, 5) is 36.2. The van der Waals surface area contributed by atoms with Crippen molar-refractivity contribution in [1.82, 2.24) is 26.1 Å². The van der Waals surface area contributed by atoms with Gasteiger partial charge in [-0.3, -0.25) is 9.59 Å². The zero-order chi connectivity index (χ0) is 14.1. The Hall–Kier alpha value is -2.65. The van der Waals surface area contributed by atoms with Crippen LogP contribution in [0.25, 0.3) is 0 Å². The minimum Gasteiger partial charge on any atom is -0.480 e. The van der Waals surface area contributed by atoms with E-state index in [1.54, 1.807) is 0 Å². The zero-order valence-electron chi connectivity index (χ0n) is 9.88. The lowest BCUT2D eigenvalue weighted by Gasteiger charge is -2.06. The van der Waals surface area contributed by atoms with Crippen LogP contribution in [0.4, 0.5) is 4.79 Å². The Balaban J connectivity index is 2.07. The standard InChI is InChI=1S/C9H13N5O5/c15-7(11-4-8(16)17)3-12-9(18)10-2-1-6-13-5-19-14-6/h5H,1-4H2,(H,11,15)(H,16,17)(H2,10,12,18). The third-order valence-electron chi connectivity index (χ3n) is 1.89. The van der Waals surface area contributed by atoms with Crippen molar-refractivity contribution in [1.29, 1.82) is 0 Å². The largest absolute Gasteiger partial charge is 0.480 e. The summed E-state index contributed by atoms with van der Waals surface area (Å²) in [6.45, 7) is -0.511. The van der Waals surface area contributed by atoms with Gasteiger partial charge in [-0.1, -0.05) is 5.16 Å². The van der Waals surface area contributed by atoms with Gasteiger partial charge in [-0.05, 0) is 0 Å².